The predicted molar refractivity (Wildman–Crippen MR) is 84.4 cm³/mol. The van der Waals surface area contributed by atoms with E-state index in [9.17, 15) is 4.79 Å². The molecule has 0 saturated heterocycles. The van der Waals surface area contributed by atoms with Crippen LogP contribution in [0.4, 0.5) is 5.69 Å². The second kappa shape index (κ2) is 5.17. The second-order valence-corrected chi connectivity index (χ2v) is 5.77. The van der Waals surface area contributed by atoms with Crippen LogP contribution in [-0.4, -0.2) is 15.8 Å². The molecule has 0 radical (unpaired) electrons. The number of anilines is 1. The number of nitrogen functional groups attached to an aromatic ring is 1. The highest BCUT2D eigenvalue weighted by atomic mass is 32.2. The minimum atomic E-state index is -0.232. The fourth-order valence-corrected chi connectivity index (χ4v) is 3.35. The van der Waals surface area contributed by atoms with E-state index in [-0.39, 0.29) is 17.3 Å². The number of rotatable bonds is 2. The van der Waals surface area contributed by atoms with Crippen LogP contribution in [0.15, 0.2) is 46.2 Å². The number of hydrogen-bond acceptors (Lipinski definition) is 4. The number of hydrogen-bond donors (Lipinski definition) is 2. The van der Waals surface area contributed by atoms with Crippen LogP contribution < -0.4 is 11.3 Å². The van der Waals surface area contributed by atoms with Crippen molar-refractivity contribution in [1.29, 1.82) is 0 Å². The molecule has 0 spiro atoms. The number of nitrogens with zero attached hydrogens (tertiary/aromatic N) is 1. The van der Waals surface area contributed by atoms with Gasteiger partial charge in [0.05, 0.1) is 16.8 Å². The number of aryl methyl sites for hydroxylation is 1. The summed E-state index contributed by atoms with van der Waals surface area (Å²) in [6, 6.07) is 11.9. The lowest BCUT2D eigenvalue weighted by Gasteiger charge is -2.10. The standard InChI is InChI=1S/C15H15N3OS/c1-9-11(7-12(16)14(19)17-9)13-8-20-15(18-13)10-5-3-2-4-6-10/h2-7,13H,8,16H2,1H3,(H,17,19). The van der Waals surface area contributed by atoms with Gasteiger partial charge in [-0.2, -0.15) is 0 Å². The molecule has 1 aromatic carbocycles. The Morgan fingerprint density at radius 2 is 2.10 bits per heavy atom. The first-order valence-electron chi connectivity index (χ1n) is 6.40. The second-order valence-electron chi connectivity index (χ2n) is 4.76. The number of thioether (sulfide) groups is 1. The van der Waals surface area contributed by atoms with Gasteiger partial charge < -0.3 is 10.7 Å². The van der Waals surface area contributed by atoms with Gasteiger partial charge in [-0.05, 0) is 18.6 Å². The average molecular weight is 285 g/mol. The summed E-state index contributed by atoms with van der Waals surface area (Å²) < 4.78 is 0. The largest absolute Gasteiger partial charge is 0.394 e. The van der Waals surface area contributed by atoms with E-state index in [1.54, 1.807) is 17.8 Å². The summed E-state index contributed by atoms with van der Waals surface area (Å²) >= 11 is 1.73. The molecule has 1 atom stereocenters. The van der Waals surface area contributed by atoms with Crippen LogP contribution in [0.25, 0.3) is 0 Å². The quantitative estimate of drug-likeness (QED) is 0.890. The van der Waals surface area contributed by atoms with Crippen molar-refractivity contribution < 1.29 is 0 Å². The topological polar surface area (TPSA) is 71.2 Å². The number of aromatic nitrogens is 1. The van der Waals surface area contributed by atoms with Gasteiger partial charge in [0.2, 0.25) is 0 Å². The molecule has 0 fully saturated rings. The summed E-state index contributed by atoms with van der Waals surface area (Å²) in [6.45, 7) is 1.89. The maximum absolute atomic E-state index is 11.5. The van der Waals surface area contributed by atoms with Gasteiger partial charge >= 0.3 is 0 Å². The molecule has 5 heteroatoms. The van der Waals surface area contributed by atoms with Gasteiger partial charge in [-0.3, -0.25) is 9.79 Å². The number of benzene rings is 1. The van der Waals surface area contributed by atoms with Crippen LogP contribution in [0.2, 0.25) is 0 Å². The summed E-state index contributed by atoms with van der Waals surface area (Å²) in [7, 11) is 0. The zero-order valence-corrected chi connectivity index (χ0v) is 11.9. The van der Waals surface area contributed by atoms with E-state index in [0.717, 1.165) is 27.6 Å². The van der Waals surface area contributed by atoms with Crippen LogP contribution in [-0.2, 0) is 0 Å². The van der Waals surface area contributed by atoms with Crippen molar-refractivity contribution in [2.24, 2.45) is 4.99 Å². The van der Waals surface area contributed by atoms with E-state index in [2.05, 4.69) is 17.1 Å². The van der Waals surface area contributed by atoms with Crippen molar-refractivity contribution >= 4 is 22.5 Å². The molecule has 3 N–H and O–H groups in total. The fraction of sp³-hybridized carbons (Fsp3) is 0.200. The highest BCUT2D eigenvalue weighted by Gasteiger charge is 2.23. The van der Waals surface area contributed by atoms with Crippen molar-refractivity contribution in [2.75, 3.05) is 11.5 Å². The van der Waals surface area contributed by atoms with Crippen molar-refractivity contribution in [3.63, 3.8) is 0 Å². The van der Waals surface area contributed by atoms with Gasteiger partial charge in [0.1, 0.15) is 0 Å². The normalized spacial score (nSPS) is 18.1. The molecule has 1 unspecified atom stereocenters. The Morgan fingerprint density at radius 1 is 1.35 bits per heavy atom. The zero-order valence-electron chi connectivity index (χ0n) is 11.1. The van der Waals surface area contributed by atoms with Crippen LogP contribution in [0.3, 0.4) is 0 Å². The summed E-state index contributed by atoms with van der Waals surface area (Å²) in [5.74, 6) is 0.872. The fourth-order valence-electron chi connectivity index (χ4n) is 2.27. The van der Waals surface area contributed by atoms with E-state index in [4.69, 9.17) is 10.7 Å². The number of nitrogens with one attached hydrogen (secondary N) is 1. The van der Waals surface area contributed by atoms with Gasteiger partial charge in [-0.15, -0.1) is 11.8 Å². The van der Waals surface area contributed by atoms with Crippen molar-refractivity contribution in [2.45, 2.75) is 13.0 Å². The Hall–Kier alpha value is -2.01. The van der Waals surface area contributed by atoms with Crippen molar-refractivity contribution in [3.8, 4) is 0 Å². The lowest BCUT2D eigenvalue weighted by Crippen LogP contribution is -2.15. The Labute approximate surface area is 121 Å². The van der Waals surface area contributed by atoms with E-state index < -0.39 is 0 Å². The molecule has 0 amide bonds. The predicted octanol–water partition coefficient (Wildman–Crippen LogP) is 2.50. The zero-order chi connectivity index (χ0) is 14.1. The molecule has 3 rings (SSSR count). The van der Waals surface area contributed by atoms with Gasteiger partial charge in [-0.25, -0.2) is 0 Å². The van der Waals surface area contributed by atoms with E-state index in [1.165, 1.54) is 0 Å². The molecule has 20 heavy (non-hydrogen) atoms. The van der Waals surface area contributed by atoms with Gasteiger partial charge in [0.15, 0.2) is 0 Å². The summed E-state index contributed by atoms with van der Waals surface area (Å²) in [5, 5.41) is 1.04. The number of aliphatic imine (C=N–C) groups is 1. The van der Waals surface area contributed by atoms with Gasteiger partial charge in [0, 0.05) is 17.0 Å². The number of pyridine rings is 1. The molecule has 1 aliphatic heterocycles. The molecule has 0 bridgehead atoms. The molecular formula is C15H15N3OS. The van der Waals surface area contributed by atoms with Crippen LogP contribution in [0.1, 0.15) is 22.9 Å². The Kier molecular flexibility index (Phi) is 3.36. The van der Waals surface area contributed by atoms with Crippen LogP contribution in [0.5, 0.6) is 0 Å². The SMILES string of the molecule is Cc1[nH]c(=O)c(N)cc1C1CSC(c2ccccc2)=N1. The smallest absolute Gasteiger partial charge is 0.271 e. The van der Waals surface area contributed by atoms with Crippen LogP contribution >= 0.6 is 11.8 Å². The molecule has 1 aliphatic rings. The Balaban J connectivity index is 1.96. The molecular weight excluding hydrogens is 270 g/mol. The highest BCUT2D eigenvalue weighted by Crippen LogP contribution is 2.34. The first-order chi connectivity index (χ1) is 9.65. The van der Waals surface area contributed by atoms with E-state index in [0.29, 0.717) is 0 Å². The third-order valence-electron chi connectivity index (χ3n) is 3.34. The molecule has 0 aliphatic carbocycles. The lowest BCUT2D eigenvalue weighted by molar-refractivity contribution is 0.826. The molecule has 102 valence electrons. The first-order valence-corrected chi connectivity index (χ1v) is 7.39. The number of aromatic amines is 1. The summed E-state index contributed by atoms with van der Waals surface area (Å²) in [5.41, 5.74) is 8.70. The molecule has 1 aromatic heterocycles. The summed E-state index contributed by atoms with van der Waals surface area (Å²) in [4.78, 5) is 19.0. The van der Waals surface area contributed by atoms with E-state index in [1.807, 2.05) is 25.1 Å². The minimum absolute atomic E-state index is 0.0503. The molecule has 2 aromatic rings. The minimum Gasteiger partial charge on any atom is -0.394 e. The Bertz CT molecular complexity index is 722. The third-order valence-corrected chi connectivity index (χ3v) is 4.43. The first kappa shape index (κ1) is 13.0. The molecule has 4 nitrogen and oxygen atoms in total. The highest BCUT2D eigenvalue weighted by molar-refractivity contribution is 8.14. The maximum atomic E-state index is 11.5. The van der Waals surface area contributed by atoms with E-state index >= 15 is 0 Å². The monoisotopic (exact) mass is 285 g/mol. The summed E-state index contributed by atoms with van der Waals surface area (Å²) in [6.07, 6.45) is 0. The van der Waals surface area contributed by atoms with Crippen LogP contribution in [0, 0.1) is 6.92 Å². The van der Waals surface area contributed by atoms with Gasteiger partial charge in [0.25, 0.3) is 5.56 Å². The molecule has 2 heterocycles. The molecule has 0 saturated carbocycles. The maximum Gasteiger partial charge on any atom is 0.271 e. The van der Waals surface area contributed by atoms with Crippen molar-refractivity contribution in [1.82, 2.24) is 4.98 Å². The lowest BCUT2D eigenvalue weighted by atomic mass is 10.1. The van der Waals surface area contributed by atoms with Crippen molar-refractivity contribution in [3.05, 3.63) is 63.6 Å². The Morgan fingerprint density at radius 3 is 2.85 bits per heavy atom. The van der Waals surface area contributed by atoms with Gasteiger partial charge in [-0.1, -0.05) is 30.3 Å². The number of nitrogens with two attached hydrogens (primary N) is 1. The third kappa shape index (κ3) is 2.36. The number of H-pyrrole nitrogens is 1. The average Bonchev–Trinajstić information content (AvgIpc) is 2.93.